The van der Waals surface area contributed by atoms with Gasteiger partial charge in [-0.2, -0.15) is 0 Å². The van der Waals surface area contributed by atoms with Crippen LogP contribution in [0.2, 0.25) is 0 Å². The second kappa shape index (κ2) is 8.50. The van der Waals surface area contributed by atoms with Crippen molar-refractivity contribution in [2.45, 2.75) is 31.5 Å². The smallest absolute Gasteiger partial charge is 0.274 e. The summed E-state index contributed by atoms with van der Waals surface area (Å²) in [6, 6.07) is 2.48. The zero-order valence-corrected chi connectivity index (χ0v) is 13.4. The molecule has 0 spiro atoms. The fourth-order valence-corrected chi connectivity index (χ4v) is 2.95. The van der Waals surface area contributed by atoms with E-state index in [9.17, 15) is 13.5 Å². The molecule has 1 rings (SSSR count). The molecule has 1 aromatic rings. The molecule has 8 heteroatoms. The third-order valence-corrected chi connectivity index (χ3v) is 4.35. The van der Waals surface area contributed by atoms with Crippen molar-refractivity contribution in [1.82, 2.24) is 10.0 Å². The summed E-state index contributed by atoms with van der Waals surface area (Å²) >= 11 is 0. The van der Waals surface area contributed by atoms with Gasteiger partial charge in [0.15, 0.2) is 0 Å². The Balaban J connectivity index is 2.65. The topological polar surface area (TPSA) is 101 Å². The van der Waals surface area contributed by atoms with Gasteiger partial charge in [0.2, 0.25) is 5.09 Å². The van der Waals surface area contributed by atoms with Gasteiger partial charge >= 0.3 is 0 Å². The van der Waals surface area contributed by atoms with E-state index >= 15 is 0 Å². The predicted molar refractivity (Wildman–Crippen MR) is 78.3 cm³/mol. The molecule has 1 heterocycles. The Hall–Kier alpha value is -0.930. The maximum atomic E-state index is 12.1. The third-order valence-electron chi connectivity index (χ3n) is 2.99. The minimum Gasteiger partial charge on any atom is -0.447 e. The first-order valence-electron chi connectivity index (χ1n) is 6.82. The maximum absolute atomic E-state index is 12.1. The Kier molecular flexibility index (Phi) is 7.33. The quantitative estimate of drug-likeness (QED) is 0.537. The van der Waals surface area contributed by atoms with Crippen molar-refractivity contribution in [3.8, 4) is 0 Å². The van der Waals surface area contributed by atoms with E-state index < -0.39 is 16.1 Å². The summed E-state index contributed by atoms with van der Waals surface area (Å²) in [5.74, 6) is 0.506. The van der Waals surface area contributed by atoms with Crippen LogP contribution in [-0.4, -0.2) is 46.4 Å². The number of nitrogens with one attached hydrogen (secondary N) is 2. The summed E-state index contributed by atoms with van der Waals surface area (Å²) in [7, 11) is -2.15. The van der Waals surface area contributed by atoms with E-state index in [0.717, 1.165) is 0 Å². The number of hydrogen-bond donors (Lipinski definition) is 3. The van der Waals surface area contributed by atoms with Crippen LogP contribution in [0.3, 0.4) is 0 Å². The molecule has 0 aromatic carbocycles. The molecular weight excluding hydrogens is 296 g/mol. The van der Waals surface area contributed by atoms with Crippen molar-refractivity contribution in [1.29, 1.82) is 0 Å². The van der Waals surface area contributed by atoms with Crippen LogP contribution < -0.4 is 10.0 Å². The predicted octanol–water partition coefficient (Wildman–Crippen LogP) is 0.311. The van der Waals surface area contributed by atoms with Crippen LogP contribution in [0.5, 0.6) is 0 Å². The molecule has 1 unspecified atom stereocenters. The van der Waals surface area contributed by atoms with Crippen molar-refractivity contribution in [2.75, 3.05) is 26.9 Å². The summed E-state index contributed by atoms with van der Waals surface area (Å²) in [4.78, 5) is 0. The Morgan fingerprint density at radius 1 is 1.38 bits per heavy atom. The van der Waals surface area contributed by atoms with Gasteiger partial charge < -0.3 is 19.6 Å². The largest absolute Gasteiger partial charge is 0.447 e. The lowest BCUT2D eigenvalue weighted by atomic mass is 10.1. The van der Waals surface area contributed by atoms with E-state index in [1.54, 1.807) is 13.2 Å². The van der Waals surface area contributed by atoms with Gasteiger partial charge in [-0.1, -0.05) is 13.8 Å². The highest BCUT2D eigenvalue weighted by atomic mass is 32.2. The molecule has 21 heavy (non-hydrogen) atoms. The van der Waals surface area contributed by atoms with E-state index in [1.807, 2.05) is 13.8 Å². The lowest BCUT2D eigenvalue weighted by molar-refractivity contribution is 0.198. The summed E-state index contributed by atoms with van der Waals surface area (Å²) in [6.45, 7) is 5.04. The Morgan fingerprint density at radius 2 is 2.10 bits per heavy atom. The molecule has 122 valence electrons. The molecule has 0 aliphatic rings. The van der Waals surface area contributed by atoms with Gasteiger partial charge in [-0.05, 0) is 18.1 Å². The van der Waals surface area contributed by atoms with Gasteiger partial charge in [-0.3, -0.25) is 0 Å². The van der Waals surface area contributed by atoms with Crippen LogP contribution in [0, 0.1) is 5.92 Å². The lowest BCUT2D eigenvalue weighted by Crippen LogP contribution is -2.40. The molecule has 0 saturated carbocycles. The highest BCUT2D eigenvalue weighted by molar-refractivity contribution is 7.89. The van der Waals surface area contributed by atoms with E-state index in [0.29, 0.717) is 25.5 Å². The second-order valence-corrected chi connectivity index (χ2v) is 6.69. The van der Waals surface area contributed by atoms with Crippen LogP contribution in [0.4, 0.5) is 0 Å². The SMILES string of the molecule is COCCNCc1ccc(S(=O)(=O)NC(CO)C(C)C)o1. The molecular formula is C13H24N2O5S. The zero-order chi connectivity index (χ0) is 15.9. The number of rotatable bonds is 10. The van der Waals surface area contributed by atoms with E-state index in [4.69, 9.17) is 9.15 Å². The number of methoxy groups -OCH3 is 1. The molecule has 0 amide bonds. The van der Waals surface area contributed by atoms with E-state index in [2.05, 4.69) is 10.0 Å². The lowest BCUT2D eigenvalue weighted by Gasteiger charge is -2.18. The highest BCUT2D eigenvalue weighted by Gasteiger charge is 2.24. The van der Waals surface area contributed by atoms with Gasteiger partial charge in [-0.25, -0.2) is 13.1 Å². The molecule has 0 fully saturated rings. The summed E-state index contributed by atoms with van der Waals surface area (Å²) < 4.78 is 36.9. The minimum absolute atomic E-state index is 0.0186. The first-order chi connectivity index (χ1) is 9.90. The maximum Gasteiger partial charge on any atom is 0.274 e. The van der Waals surface area contributed by atoms with Crippen LogP contribution in [0.1, 0.15) is 19.6 Å². The Labute approximate surface area is 125 Å². The monoisotopic (exact) mass is 320 g/mol. The fraction of sp³-hybridized carbons (Fsp3) is 0.692. The van der Waals surface area contributed by atoms with Gasteiger partial charge in [0.25, 0.3) is 10.0 Å². The van der Waals surface area contributed by atoms with Crippen LogP contribution >= 0.6 is 0 Å². The van der Waals surface area contributed by atoms with Gasteiger partial charge in [0.1, 0.15) is 5.76 Å². The molecule has 0 saturated heterocycles. The van der Waals surface area contributed by atoms with E-state index in [-0.39, 0.29) is 17.6 Å². The van der Waals surface area contributed by atoms with Gasteiger partial charge in [0.05, 0.1) is 19.8 Å². The number of aliphatic hydroxyl groups excluding tert-OH is 1. The van der Waals surface area contributed by atoms with Crippen molar-refractivity contribution in [3.63, 3.8) is 0 Å². The molecule has 0 bridgehead atoms. The number of sulfonamides is 1. The first-order valence-corrected chi connectivity index (χ1v) is 8.30. The van der Waals surface area contributed by atoms with Gasteiger partial charge in [-0.15, -0.1) is 0 Å². The number of hydrogen-bond acceptors (Lipinski definition) is 6. The average Bonchev–Trinajstić information content (AvgIpc) is 2.90. The van der Waals surface area contributed by atoms with Crippen molar-refractivity contribution >= 4 is 10.0 Å². The highest BCUT2D eigenvalue weighted by Crippen LogP contribution is 2.15. The summed E-state index contributed by atoms with van der Waals surface area (Å²) in [5, 5.41) is 12.1. The molecule has 0 aliphatic carbocycles. The van der Waals surface area contributed by atoms with E-state index in [1.165, 1.54) is 6.07 Å². The summed E-state index contributed by atoms with van der Waals surface area (Å²) in [6.07, 6.45) is 0. The fourth-order valence-electron chi connectivity index (χ4n) is 1.63. The van der Waals surface area contributed by atoms with Crippen LogP contribution in [0.15, 0.2) is 21.6 Å². The zero-order valence-electron chi connectivity index (χ0n) is 12.6. The molecule has 3 N–H and O–H groups in total. The average molecular weight is 320 g/mol. The van der Waals surface area contributed by atoms with Crippen LogP contribution in [-0.2, 0) is 21.3 Å². The minimum atomic E-state index is -3.76. The molecule has 1 atom stereocenters. The van der Waals surface area contributed by atoms with Crippen molar-refractivity contribution < 1.29 is 22.7 Å². The molecule has 1 aromatic heterocycles. The Morgan fingerprint density at radius 3 is 2.67 bits per heavy atom. The molecule has 0 radical (unpaired) electrons. The van der Waals surface area contributed by atoms with Crippen molar-refractivity contribution in [3.05, 3.63) is 17.9 Å². The number of furan rings is 1. The second-order valence-electron chi connectivity index (χ2n) is 5.04. The third kappa shape index (κ3) is 5.76. The Bertz CT molecular complexity index is 512. The number of ether oxygens (including phenoxy) is 1. The van der Waals surface area contributed by atoms with Gasteiger partial charge in [0, 0.05) is 19.7 Å². The normalized spacial score (nSPS) is 13.8. The molecule has 7 nitrogen and oxygen atoms in total. The molecule has 0 aliphatic heterocycles. The van der Waals surface area contributed by atoms with Crippen molar-refractivity contribution in [2.24, 2.45) is 5.92 Å². The summed E-state index contributed by atoms with van der Waals surface area (Å²) in [5.41, 5.74) is 0. The van der Waals surface area contributed by atoms with Crippen LogP contribution in [0.25, 0.3) is 0 Å². The first kappa shape index (κ1) is 18.1. The standard InChI is InChI=1S/C13H24N2O5S/c1-10(2)12(9-16)15-21(17,18)13-5-4-11(20-13)8-14-6-7-19-3/h4-5,10,12,14-16H,6-9H2,1-3H3. The number of aliphatic hydroxyl groups is 1.